The Hall–Kier alpha value is -1.36. The van der Waals surface area contributed by atoms with Crippen molar-refractivity contribution in [3.05, 3.63) is 17.8 Å². The minimum absolute atomic E-state index is 0.203. The van der Waals surface area contributed by atoms with Gasteiger partial charge in [-0.15, -0.1) is 0 Å². The second-order valence-electron chi connectivity index (χ2n) is 5.59. The van der Waals surface area contributed by atoms with Gasteiger partial charge in [0.15, 0.2) is 6.39 Å². The Bertz CT molecular complexity index is 432. The lowest BCUT2D eigenvalue weighted by Gasteiger charge is -2.30. The first-order valence-electron chi connectivity index (χ1n) is 5.66. The molecular weight excluding hydrogens is 220 g/mol. The van der Waals surface area contributed by atoms with Gasteiger partial charge >= 0.3 is 0 Å². The van der Waals surface area contributed by atoms with E-state index in [2.05, 4.69) is 4.98 Å². The number of carbonyl (C=O) groups is 1. The minimum Gasteiger partial charge on any atom is -0.438 e. The minimum atomic E-state index is -0.878. The van der Waals surface area contributed by atoms with Crippen molar-refractivity contribution in [3.8, 4) is 0 Å². The first-order chi connectivity index (χ1) is 7.74. The van der Waals surface area contributed by atoms with Crippen LogP contribution in [0.15, 0.2) is 10.8 Å². The Labute approximate surface area is 100 Å². The second kappa shape index (κ2) is 3.57. The van der Waals surface area contributed by atoms with Gasteiger partial charge in [0.25, 0.3) is 5.91 Å². The van der Waals surface area contributed by atoms with Crippen LogP contribution in [0.2, 0.25) is 0 Å². The van der Waals surface area contributed by atoms with Gasteiger partial charge in [0, 0.05) is 12.0 Å². The van der Waals surface area contributed by atoms with Crippen molar-refractivity contribution in [1.29, 1.82) is 0 Å². The normalized spacial score (nSPS) is 27.5. The number of aliphatic hydroxyl groups is 1. The number of aryl methyl sites for hydroxylation is 1. The van der Waals surface area contributed by atoms with Crippen molar-refractivity contribution in [3.63, 3.8) is 0 Å². The molecule has 1 N–H and O–H groups in total. The number of amides is 1. The van der Waals surface area contributed by atoms with Crippen LogP contribution >= 0.6 is 0 Å². The standard InChI is InChI=1S/C12H18N2O3/c1-8-9(17-7-13-8)10(15)14-5-11(2,3)12(4,16)6-14/h7,16H,5-6H2,1-4H3. The quantitative estimate of drug-likeness (QED) is 0.798. The SMILES string of the molecule is Cc1ncoc1C(=O)N1CC(C)(C)C(C)(O)C1. The molecule has 0 saturated carbocycles. The summed E-state index contributed by atoms with van der Waals surface area (Å²) in [5, 5.41) is 10.3. The van der Waals surface area contributed by atoms with Gasteiger partial charge in [-0.05, 0) is 13.8 Å². The fourth-order valence-electron chi connectivity index (χ4n) is 2.08. The number of hydrogen-bond acceptors (Lipinski definition) is 4. The number of aromatic nitrogens is 1. The van der Waals surface area contributed by atoms with E-state index in [0.29, 0.717) is 18.8 Å². The number of carbonyl (C=O) groups excluding carboxylic acids is 1. The zero-order valence-electron chi connectivity index (χ0n) is 10.6. The molecule has 5 heteroatoms. The van der Waals surface area contributed by atoms with Crippen molar-refractivity contribution in [2.75, 3.05) is 13.1 Å². The Morgan fingerprint density at radius 2 is 2.12 bits per heavy atom. The van der Waals surface area contributed by atoms with Crippen molar-refractivity contribution in [2.45, 2.75) is 33.3 Å². The summed E-state index contributed by atoms with van der Waals surface area (Å²) in [5.41, 5.74) is -0.618. The van der Waals surface area contributed by atoms with Crippen LogP contribution in [-0.4, -0.2) is 39.6 Å². The van der Waals surface area contributed by atoms with Crippen LogP contribution in [0.5, 0.6) is 0 Å². The van der Waals surface area contributed by atoms with Gasteiger partial charge in [-0.25, -0.2) is 4.98 Å². The van der Waals surface area contributed by atoms with Crippen molar-refractivity contribution in [1.82, 2.24) is 9.88 Å². The maximum atomic E-state index is 12.2. The van der Waals surface area contributed by atoms with E-state index in [4.69, 9.17) is 4.42 Å². The van der Waals surface area contributed by atoms with E-state index < -0.39 is 5.60 Å². The Balaban J connectivity index is 2.23. The summed E-state index contributed by atoms with van der Waals surface area (Å²) < 4.78 is 5.09. The van der Waals surface area contributed by atoms with E-state index in [1.54, 1.807) is 18.7 Å². The summed E-state index contributed by atoms with van der Waals surface area (Å²) in [7, 11) is 0. The third kappa shape index (κ3) is 1.84. The lowest BCUT2D eigenvalue weighted by molar-refractivity contribution is -0.0108. The topological polar surface area (TPSA) is 66.6 Å². The van der Waals surface area contributed by atoms with Crippen LogP contribution in [0.1, 0.15) is 37.0 Å². The molecule has 0 spiro atoms. The second-order valence-corrected chi connectivity index (χ2v) is 5.59. The van der Waals surface area contributed by atoms with E-state index >= 15 is 0 Å². The van der Waals surface area contributed by atoms with Gasteiger partial charge in [0.2, 0.25) is 5.76 Å². The molecule has 0 aliphatic carbocycles. The summed E-state index contributed by atoms with van der Waals surface area (Å²) in [6.07, 6.45) is 1.27. The van der Waals surface area contributed by atoms with Crippen molar-refractivity contribution in [2.24, 2.45) is 5.41 Å². The van der Waals surface area contributed by atoms with Crippen LogP contribution in [-0.2, 0) is 0 Å². The summed E-state index contributed by atoms with van der Waals surface area (Å²) in [6, 6.07) is 0. The van der Waals surface area contributed by atoms with E-state index in [9.17, 15) is 9.90 Å². The molecule has 1 amide bonds. The van der Waals surface area contributed by atoms with E-state index in [0.717, 1.165) is 0 Å². The van der Waals surface area contributed by atoms with E-state index in [1.165, 1.54) is 6.39 Å². The number of rotatable bonds is 1. The maximum absolute atomic E-state index is 12.2. The maximum Gasteiger partial charge on any atom is 0.291 e. The van der Waals surface area contributed by atoms with Gasteiger partial charge in [0.1, 0.15) is 0 Å². The predicted molar refractivity (Wildman–Crippen MR) is 61.5 cm³/mol. The van der Waals surface area contributed by atoms with Crippen LogP contribution in [0.25, 0.3) is 0 Å². The molecule has 2 rings (SSSR count). The molecule has 1 fully saturated rings. The monoisotopic (exact) mass is 238 g/mol. The van der Waals surface area contributed by atoms with Crippen molar-refractivity contribution < 1.29 is 14.3 Å². The molecule has 1 aliphatic heterocycles. The highest BCUT2D eigenvalue weighted by molar-refractivity contribution is 5.92. The molecular formula is C12H18N2O3. The zero-order chi connectivity index (χ0) is 12.8. The number of β-amino-alcohol motifs (C(OH)–C–C–N with tert-alkyl or cyclic N) is 1. The lowest BCUT2D eigenvalue weighted by Crippen LogP contribution is -2.40. The third-order valence-electron chi connectivity index (χ3n) is 3.77. The summed E-state index contributed by atoms with van der Waals surface area (Å²) >= 11 is 0. The Morgan fingerprint density at radius 1 is 1.47 bits per heavy atom. The first kappa shape index (κ1) is 12.1. The van der Waals surface area contributed by atoms with Gasteiger partial charge in [-0.2, -0.15) is 0 Å². The summed E-state index contributed by atoms with van der Waals surface area (Å²) in [6.45, 7) is 8.22. The van der Waals surface area contributed by atoms with E-state index in [1.807, 2.05) is 13.8 Å². The van der Waals surface area contributed by atoms with Gasteiger partial charge in [-0.1, -0.05) is 13.8 Å². The Kier molecular flexibility index (Phi) is 2.54. The highest BCUT2D eigenvalue weighted by atomic mass is 16.4. The van der Waals surface area contributed by atoms with Gasteiger partial charge in [0.05, 0.1) is 17.8 Å². The molecule has 0 radical (unpaired) electrons. The molecule has 1 unspecified atom stereocenters. The number of nitrogens with zero attached hydrogens (tertiary/aromatic N) is 2. The molecule has 0 bridgehead atoms. The van der Waals surface area contributed by atoms with E-state index in [-0.39, 0.29) is 17.1 Å². The molecule has 5 nitrogen and oxygen atoms in total. The largest absolute Gasteiger partial charge is 0.438 e. The molecule has 94 valence electrons. The number of oxazole rings is 1. The fourth-order valence-corrected chi connectivity index (χ4v) is 2.08. The highest BCUT2D eigenvalue weighted by Gasteiger charge is 2.49. The predicted octanol–water partition coefficient (Wildman–Crippen LogP) is 1.22. The van der Waals surface area contributed by atoms with Crippen LogP contribution in [0.3, 0.4) is 0 Å². The number of hydrogen-bond donors (Lipinski definition) is 1. The zero-order valence-corrected chi connectivity index (χ0v) is 10.6. The summed E-state index contributed by atoms with van der Waals surface area (Å²) in [4.78, 5) is 17.7. The highest BCUT2D eigenvalue weighted by Crippen LogP contribution is 2.38. The first-order valence-corrected chi connectivity index (χ1v) is 5.66. The smallest absolute Gasteiger partial charge is 0.291 e. The average Bonchev–Trinajstić information content (AvgIpc) is 2.68. The summed E-state index contributed by atoms with van der Waals surface area (Å²) in [5.74, 6) is 0.0596. The van der Waals surface area contributed by atoms with Crippen molar-refractivity contribution >= 4 is 5.91 Å². The molecule has 1 aromatic rings. The van der Waals surface area contributed by atoms with Gasteiger partial charge in [-0.3, -0.25) is 4.79 Å². The third-order valence-corrected chi connectivity index (χ3v) is 3.77. The lowest BCUT2D eigenvalue weighted by atomic mass is 9.79. The Morgan fingerprint density at radius 3 is 2.53 bits per heavy atom. The molecule has 0 aromatic carbocycles. The molecule has 1 aliphatic rings. The number of likely N-dealkylation sites (tertiary alicyclic amines) is 1. The molecule has 1 atom stereocenters. The van der Waals surface area contributed by atoms with Crippen LogP contribution < -0.4 is 0 Å². The van der Waals surface area contributed by atoms with Crippen LogP contribution in [0, 0.1) is 12.3 Å². The molecule has 17 heavy (non-hydrogen) atoms. The molecule has 2 heterocycles. The molecule has 1 saturated heterocycles. The fraction of sp³-hybridized carbons (Fsp3) is 0.667. The van der Waals surface area contributed by atoms with Gasteiger partial charge < -0.3 is 14.4 Å². The van der Waals surface area contributed by atoms with Crippen LogP contribution in [0.4, 0.5) is 0 Å². The average molecular weight is 238 g/mol. The molecule has 1 aromatic heterocycles.